The highest BCUT2D eigenvalue weighted by molar-refractivity contribution is 7.92. The first-order valence-corrected chi connectivity index (χ1v) is 11.6. The summed E-state index contributed by atoms with van der Waals surface area (Å²) in [6.45, 7) is 4.30. The van der Waals surface area contributed by atoms with Crippen LogP contribution in [0.3, 0.4) is 0 Å². The number of amides is 1. The highest BCUT2D eigenvalue weighted by Gasteiger charge is 2.14. The largest absolute Gasteiger partial charge is 0.494 e. The third-order valence-electron chi connectivity index (χ3n) is 3.94. The van der Waals surface area contributed by atoms with Crippen LogP contribution < -0.4 is 14.8 Å². The summed E-state index contributed by atoms with van der Waals surface area (Å²) in [5, 5.41) is 5.16. The number of anilines is 2. The number of rotatable bonds is 7. The van der Waals surface area contributed by atoms with Gasteiger partial charge in [-0.15, -0.1) is 11.3 Å². The predicted molar refractivity (Wildman–Crippen MR) is 116 cm³/mol. The molecule has 3 rings (SSSR count). The molecule has 0 spiro atoms. The van der Waals surface area contributed by atoms with Gasteiger partial charge < -0.3 is 10.1 Å². The minimum absolute atomic E-state index is 0.289. The maximum Gasteiger partial charge on any atom is 0.275 e. The van der Waals surface area contributed by atoms with Crippen molar-refractivity contribution >= 4 is 38.6 Å². The van der Waals surface area contributed by atoms with Gasteiger partial charge in [0, 0.05) is 16.6 Å². The first kappa shape index (κ1) is 20.8. The summed E-state index contributed by atoms with van der Waals surface area (Å²) in [4.78, 5) is 17.0. The van der Waals surface area contributed by atoms with Crippen molar-refractivity contribution < 1.29 is 17.9 Å². The zero-order chi connectivity index (χ0) is 21.0. The highest BCUT2D eigenvalue weighted by atomic mass is 32.2. The van der Waals surface area contributed by atoms with Crippen LogP contribution in [0.15, 0.2) is 47.8 Å². The molecular formula is C20H21N3O4S2. The lowest BCUT2D eigenvalue weighted by atomic mass is 10.2. The van der Waals surface area contributed by atoms with Crippen LogP contribution in [0.5, 0.6) is 5.75 Å². The third kappa shape index (κ3) is 5.55. The molecule has 1 aromatic heterocycles. The predicted octanol–water partition coefficient (Wildman–Crippen LogP) is 4.14. The van der Waals surface area contributed by atoms with Crippen molar-refractivity contribution in [2.24, 2.45) is 0 Å². The topological polar surface area (TPSA) is 97.4 Å². The minimum atomic E-state index is -3.41. The van der Waals surface area contributed by atoms with Gasteiger partial charge in [-0.1, -0.05) is 6.07 Å². The Morgan fingerprint density at radius 3 is 2.55 bits per heavy atom. The van der Waals surface area contributed by atoms with Crippen molar-refractivity contribution in [3.8, 4) is 16.3 Å². The van der Waals surface area contributed by atoms with Gasteiger partial charge in [0.05, 0.1) is 18.6 Å². The van der Waals surface area contributed by atoms with Gasteiger partial charge in [0.15, 0.2) is 0 Å². The van der Waals surface area contributed by atoms with Gasteiger partial charge in [-0.25, -0.2) is 13.4 Å². The fraction of sp³-hybridized carbons (Fsp3) is 0.200. The molecular weight excluding hydrogens is 410 g/mol. The summed E-state index contributed by atoms with van der Waals surface area (Å²) in [7, 11) is -3.41. The Morgan fingerprint density at radius 2 is 1.90 bits per heavy atom. The van der Waals surface area contributed by atoms with Gasteiger partial charge in [-0.3, -0.25) is 9.52 Å². The van der Waals surface area contributed by atoms with E-state index in [-0.39, 0.29) is 11.6 Å². The number of aryl methyl sites for hydroxylation is 1. The minimum Gasteiger partial charge on any atom is -0.494 e. The number of nitrogens with one attached hydrogen (secondary N) is 2. The molecule has 0 unspecified atom stereocenters. The monoisotopic (exact) mass is 431 g/mol. The molecule has 0 saturated carbocycles. The van der Waals surface area contributed by atoms with Gasteiger partial charge in [0.25, 0.3) is 5.91 Å². The number of carbonyl (C=O) groups excluding carboxylic acids is 1. The molecule has 0 radical (unpaired) electrons. The van der Waals surface area contributed by atoms with Crippen LogP contribution in [0.4, 0.5) is 11.4 Å². The molecule has 152 valence electrons. The molecule has 29 heavy (non-hydrogen) atoms. The van der Waals surface area contributed by atoms with E-state index in [2.05, 4.69) is 15.0 Å². The molecule has 2 N–H and O–H groups in total. The number of ether oxygens (including phenoxy) is 1. The van der Waals surface area contributed by atoms with Crippen molar-refractivity contribution in [3.63, 3.8) is 0 Å². The van der Waals surface area contributed by atoms with Crippen LogP contribution in [-0.4, -0.2) is 32.2 Å². The molecule has 0 atom stereocenters. The van der Waals surface area contributed by atoms with Crippen molar-refractivity contribution in [1.82, 2.24) is 4.98 Å². The lowest BCUT2D eigenvalue weighted by molar-refractivity contribution is 0.102. The molecule has 1 heterocycles. The first-order valence-electron chi connectivity index (χ1n) is 8.83. The maximum atomic E-state index is 12.6. The Hall–Kier alpha value is -2.91. The van der Waals surface area contributed by atoms with Crippen molar-refractivity contribution in [1.29, 1.82) is 0 Å². The first-order chi connectivity index (χ1) is 13.7. The summed E-state index contributed by atoms with van der Waals surface area (Å²) in [6, 6.07) is 12.5. The molecule has 7 nitrogen and oxygen atoms in total. The smallest absolute Gasteiger partial charge is 0.275 e. The molecule has 2 aromatic carbocycles. The summed E-state index contributed by atoms with van der Waals surface area (Å²) in [6.07, 6.45) is 1.08. The molecule has 9 heteroatoms. The Balaban J connectivity index is 1.74. The Morgan fingerprint density at radius 1 is 1.17 bits per heavy atom. The number of sulfonamides is 1. The Kier molecular flexibility index (Phi) is 6.19. The lowest BCUT2D eigenvalue weighted by Crippen LogP contribution is -2.14. The fourth-order valence-corrected chi connectivity index (χ4v) is 4.00. The molecule has 3 aromatic rings. The van der Waals surface area contributed by atoms with E-state index in [1.807, 2.05) is 31.2 Å². The van der Waals surface area contributed by atoms with Crippen LogP contribution in [0.2, 0.25) is 0 Å². The summed E-state index contributed by atoms with van der Waals surface area (Å²) in [5.74, 6) is 0.413. The van der Waals surface area contributed by atoms with Crippen LogP contribution in [0, 0.1) is 6.92 Å². The number of benzene rings is 2. The quantitative estimate of drug-likeness (QED) is 0.586. The second-order valence-electron chi connectivity index (χ2n) is 6.35. The van der Waals surface area contributed by atoms with Gasteiger partial charge in [0.1, 0.15) is 16.5 Å². The number of hydrogen-bond acceptors (Lipinski definition) is 6. The molecule has 1 amide bonds. The zero-order valence-corrected chi connectivity index (χ0v) is 17.9. The van der Waals surface area contributed by atoms with Crippen LogP contribution in [0.1, 0.15) is 23.0 Å². The molecule has 0 aliphatic carbocycles. The van der Waals surface area contributed by atoms with Crippen LogP contribution >= 0.6 is 11.3 Å². The lowest BCUT2D eigenvalue weighted by Gasteiger charge is -2.10. The number of nitrogens with zero attached hydrogens (tertiary/aromatic N) is 1. The van der Waals surface area contributed by atoms with E-state index in [1.165, 1.54) is 11.3 Å². The maximum absolute atomic E-state index is 12.6. The number of carbonyl (C=O) groups is 1. The molecule has 0 aliphatic heterocycles. The highest BCUT2D eigenvalue weighted by Crippen LogP contribution is 2.27. The second-order valence-corrected chi connectivity index (χ2v) is 8.96. The average molecular weight is 432 g/mol. The van der Waals surface area contributed by atoms with Gasteiger partial charge in [0.2, 0.25) is 10.0 Å². The van der Waals surface area contributed by atoms with Crippen LogP contribution in [-0.2, 0) is 10.0 Å². The Bertz CT molecular complexity index is 1120. The van der Waals surface area contributed by atoms with Crippen molar-refractivity contribution in [3.05, 3.63) is 59.1 Å². The van der Waals surface area contributed by atoms with Crippen molar-refractivity contribution in [2.45, 2.75) is 13.8 Å². The third-order valence-corrected chi connectivity index (χ3v) is 5.42. The summed E-state index contributed by atoms with van der Waals surface area (Å²) < 4.78 is 30.8. The number of thiazole rings is 1. The fourth-order valence-electron chi connectivity index (χ4n) is 2.58. The molecule has 0 saturated heterocycles. The SMILES string of the molecule is CCOc1ccc(-c2nc(C(=O)Nc3ccc(C)c(NS(C)(=O)=O)c3)cs2)cc1. The standard InChI is InChI=1S/C20H21N3O4S2/c1-4-27-16-9-6-14(7-10-16)20-22-18(12-28-20)19(24)21-15-8-5-13(2)17(11-15)23-29(3,25)26/h5-12,23H,4H2,1-3H3,(H,21,24). The van der Waals surface area contributed by atoms with Crippen LogP contribution in [0.25, 0.3) is 10.6 Å². The van der Waals surface area contributed by atoms with E-state index in [4.69, 9.17) is 4.74 Å². The zero-order valence-electron chi connectivity index (χ0n) is 16.2. The number of aromatic nitrogens is 1. The van der Waals surface area contributed by atoms with E-state index in [9.17, 15) is 13.2 Å². The van der Waals surface area contributed by atoms with Gasteiger partial charge in [-0.2, -0.15) is 0 Å². The van der Waals surface area contributed by atoms with Crippen molar-refractivity contribution in [2.75, 3.05) is 22.9 Å². The van der Waals surface area contributed by atoms with Gasteiger partial charge >= 0.3 is 0 Å². The second kappa shape index (κ2) is 8.62. The molecule has 0 fully saturated rings. The number of hydrogen-bond donors (Lipinski definition) is 2. The van der Waals surface area contributed by atoms with E-state index < -0.39 is 10.0 Å². The normalized spacial score (nSPS) is 11.1. The van der Waals surface area contributed by atoms with Gasteiger partial charge in [-0.05, 0) is 55.8 Å². The summed E-state index contributed by atoms with van der Waals surface area (Å²) >= 11 is 1.37. The molecule has 0 aliphatic rings. The summed E-state index contributed by atoms with van der Waals surface area (Å²) in [5.41, 5.74) is 2.82. The molecule has 0 bridgehead atoms. The van der Waals surface area contributed by atoms with E-state index >= 15 is 0 Å². The van der Waals surface area contributed by atoms with E-state index in [0.717, 1.165) is 28.1 Å². The van der Waals surface area contributed by atoms with E-state index in [0.29, 0.717) is 18.0 Å². The Labute approximate surface area is 173 Å². The van der Waals surface area contributed by atoms with E-state index in [1.54, 1.807) is 30.5 Å². The average Bonchev–Trinajstić information content (AvgIpc) is 3.14.